The van der Waals surface area contributed by atoms with Crippen LogP contribution in [-0.2, 0) is 0 Å². The summed E-state index contributed by atoms with van der Waals surface area (Å²) in [4.78, 5) is 18.3. The molecule has 1 fully saturated rings. The lowest BCUT2D eigenvalue weighted by molar-refractivity contribution is 0.0935. The molecule has 7 heteroatoms. The van der Waals surface area contributed by atoms with Crippen molar-refractivity contribution in [3.05, 3.63) is 66.4 Å². The summed E-state index contributed by atoms with van der Waals surface area (Å²) in [5, 5.41) is 11.8. The maximum Gasteiger partial charge on any atom is 0.252 e. The summed E-state index contributed by atoms with van der Waals surface area (Å²) in [6.45, 7) is 1.66. The second-order valence-corrected chi connectivity index (χ2v) is 7.87. The highest BCUT2D eigenvalue weighted by Gasteiger charge is 2.24. The number of hydrogen-bond acceptors (Lipinski definition) is 4. The lowest BCUT2D eigenvalue weighted by Gasteiger charge is -2.33. The fourth-order valence-electron chi connectivity index (χ4n) is 4.24. The number of carbonyl (C=O) groups excluding carboxylic acids is 1. The van der Waals surface area contributed by atoms with E-state index in [2.05, 4.69) is 31.5 Å². The number of aromatic amines is 2. The van der Waals surface area contributed by atoms with E-state index in [4.69, 9.17) is 4.74 Å². The minimum absolute atomic E-state index is 0.0296. The Morgan fingerprint density at radius 1 is 1.19 bits per heavy atom. The zero-order chi connectivity index (χ0) is 21.2. The molecule has 31 heavy (non-hydrogen) atoms. The smallest absolute Gasteiger partial charge is 0.252 e. The van der Waals surface area contributed by atoms with Crippen molar-refractivity contribution < 1.29 is 9.53 Å². The lowest BCUT2D eigenvalue weighted by Crippen LogP contribution is -2.48. The number of benzene rings is 2. The standard InChI is InChI=1S/C24H25N5O2/c1-31-18-9-7-16(8-10-18)22-14-23(28-27-22)29-13-3-4-17(15-29)26-24(30)20-5-2-6-21-19(20)11-12-25-21/h2,5-12,14,17,25H,3-4,13,15H2,1H3,(H,26,30)(H,27,28)/t17-/m0/s1. The number of rotatable bonds is 5. The third-order valence-corrected chi connectivity index (χ3v) is 5.89. The molecule has 1 saturated heterocycles. The van der Waals surface area contributed by atoms with Crippen LogP contribution < -0.4 is 15.0 Å². The molecule has 0 spiro atoms. The Balaban J connectivity index is 1.28. The Kier molecular flexibility index (Phi) is 5.08. The number of ether oxygens (including phenoxy) is 1. The number of nitrogens with one attached hydrogen (secondary N) is 3. The second kappa shape index (κ2) is 8.18. The van der Waals surface area contributed by atoms with Crippen LogP contribution in [0, 0.1) is 0 Å². The molecule has 3 N–H and O–H groups in total. The molecule has 5 rings (SSSR count). The number of nitrogens with zero attached hydrogens (tertiary/aromatic N) is 2. The van der Waals surface area contributed by atoms with Gasteiger partial charge >= 0.3 is 0 Å². The zero-order valence-electron chi connectivity index (χ0n) is 17.4. The summed E-state index contributed by atoms with van der Waals surface area (Å²) in [6, 6.07) is 17.7. The van der Waals surface area contributed by atoms with E-state index in [1.165, 1.54) is 0 Å². The first-order valence-corrected chi connectivity index (χ1v) is 10.5. The summed E-state index contributed by atoms with van der Waals surface area (Å²) in [5.74, 6) is 1.70. The van der Waals surface area contributed by atoms with E-state index >= 15 is 0 Å². The summed E-state index contributed by atoms with van der Waals surface area (Å²) in [6.07, 6.45) is 3.83. The number of amides is 1. The minimum Gasteiger partial charge on any atom is -0.497 e. The van der Waals surface area contributed by atoms with E-state index in [0.29, 0.717) is 5.56 Å². The highest BCUT2D eigenvalue weighted by atomic mass is 16.5. The van der Waals surface area contributed by atoms with Crippen molar-refractivity contribution in [3.8, 4) is 17.0 Å². The van der Waals surface area contributed by atoms with Gasteiger partial charge in [0.2, 0.25) is 0 Å². The van der Waals surface area contributed by atoms with E-state index in [-0.39, 0.29) is 11.9 Å². The van der Waals surface area contributed by atoms with E-state index in [1.54, 1.807) is 7.11 Å². The monoisotopic (exact) mass is 415 g/mol. The topological polar surface area (TPSA) is 86.0 Å². The number of anilines is 1. The van der Waals surface area contributed by atoms with Gasteiger partial charge in [-0.25, -0.2) is 0 Å². The van der Waals surface area contributed by atoms with Gasteiger partial charge in [-0.3, -0.25) is 9.89 Å². The van der Waals surface area contributed by atoms with Crippen molar-refractivity contribution in [1.82, 2.24) is 20.5 Å². The van der Waals surface area contributed by atoms with Gasteiger partial charge in [-0.1, -0.05) is 6.07 Å². The number of H-pyrrole nitrogens is 2. The Labute approximate surface area is 180 Å². The molecule has 0 bridgehead atoms. The van der Waals surface area contributed by atoms with Crippen LogP contribution >= 0.6 is 0 Å². The molecule has 0 radical (unpaired) electrons. The molecule has 0 unspecified atom stereocenters. The molecule has 1 amide bonds. The van der Waals surface area contributed by atoms with Gasteiger partial charge in [-0.15, -0.1) is 0 Å². The van der Waals surface area contributed by atoms with Crippen LogP contribution in [0.15, 0.2) is 60.8 Å². The first kappa shape index (κ1) is 19.2. The molecule has 2 aromatic carbocycles. The quantitative estimate of drug-likeness (QED) is 0.460. The average molecular weight is 415 g/mol. The first-order chi connectivity index (χ1) is 15.2. The van der Waals surface area contributed by atoms with E-state index in [9.17, 15) is 4.79 Å². The Morgan fingerprint density at radius 3 is 2.90 bits per heavy atom. The summed E-state index contributed by atoms with van der Waals surface area (Å²) in [7, 11) is 1.66. The predicted molar refractivity (Wildman–Crippen MR) is 122 cm³/mol. The number of carbonyl (C=O) groups is 1. The van der Waals surface area contributed by atoms with Crippen LogP contribution in [-0.4, -0.2) is 47.3 Å². The van der Waals surface area contributed by atoms with Gasteiger partial charge < -0.3 is 19.9 Å². The number of hydrogen-bond donors (Lipinski definition) is 3. The Bertz CT molecular complexity index is 1190. The van der Waals surface area contributed by atoms with Crippen LogP contribution in [0.1, 0.15) is 23.2 Å². The summed E-state index contributed by atoms with van der Waals surface area (Å²) < 4.78 is 5.23. The van der Waals surface area contributed by atoms with Crippen LogP contribution in [0.3, 0.4) is 0 Å². The molecule has 1 aliphatic rings. The van der Waals surface area contributed by atoms with E-state index < -0.39 is 0 Å². The number of fused-ring (bicyclic) bond motifs is 1. The molecule has 4 aromatic rings. The Hall–Kier alpha value is -3.74. The predicted octanol–water partition coefficient (Wildman–Crippen LogP) is 3.97. The molecule has 3 heterocycles. The lowest BCUT2D eigenvalue weighted by atomic mass is 10.0. The molecular formula is C24H25N5O2. The zero-order valence-corrected chi connectivity index (χ0v) is 17.4. The first-order valence-electron chi connectivity index (χ1n) is 10.5. The van der Waals surface area contributed by atoms with Crippen molar-refractivity contribution in [2.75, 3.05) is 25.1 Å². The van der Waals surface area contributed by atoms with Crippen LogP contribution in [0.25, 0.3) is 22.2 Å². The van der Waals surface area contributed by atoms with Crippen molar-refractivity contribution >= 4 is 22.6 Å². The maximum atomic E-state index is 12.9. The normalized spacial score (nSPS) is 16.4. The molecule has 0 aliphatic carbocycles. The fourth-order valence-corrected chi connectivity index (χ4v) is 4.24. The maximum absolute atomic E-state index is 12.9. The molecule has 1 atom stereocenters. The van der Waals surface area contributed by atoms with Gasteiger partial charge in [0, 0.05) is 47.9 Å². The van der Waals surface area contributed by atoms with Gasteiger partial charge in [0.05, 0.1) is 12.8 Å². The highest BCUT2D eigenvalue weighted by molar-refractivity contribution is 6.06. The van der Waals surface area contributed by atoms with Gasteiger partial charge in [0.25, 0.3) is 5.91 Å². The molecule has 7 nitrogen and oxygen atoms in total. The van der Waals surface area contributed by atoms with Gasteiger partial charge in [-0.2, -0.15) is 5.10 Å². The van der Waals surface area contributed by atoms with Crippen molar-refractivity contribution in [2.45, 2.75) is 18.9 Å². The van der Waals surface area contributed by atoms with E-state index in [1.807, 2.05) is 54.7 Å². The molecule has 0 saturated carbocycles. The summed E-state index contributed by atoms with van der Waals surface area (Å²) >= 11 is 0. The molecule has 158 valence electrons. The Morgan fingerprint density at radius 2 is 2.06 bits per heavy atom. The van der Waals surface area contributed by atoms with Crippen molar-refractivity contribution in [1.29, 1.82) is 0 Å². The molecular weight excluding hydrogens is 390 g/mol. The van der Waals surface area contributed by atoms with Crippen LogP contribution in [0.2, 0.25) is 0 Å². The SMILES string of the molecule is COc1ccc(-c2cc(N3CCC[C@H](NC(=O)c4cccc5[nH]ccc45)C3)n[nH]2)cc1. The summed E-state index contributed by atoms with van der Waals surface area (Å²) in [5.41, 5.74) is 3.70. The number of aromatic nitrogens is 3. The third-order valence-electron chi connectivity index (χ3n) is 5.89. The van der Waals surface area contributed by atoms with E-state index in [0.717, 1.165) is 59.7 Å². The molecule has 1 aliphatic heterocycles. The fraction of sp³-hybridized carbons (Fsp3) is 0.250. The van der Waals surface area contributed by atoms with Crippen LogP contribution in [0.5, 0.6) is 5.75 Å². The highest BCUT2D eigenvalue weighted by Crippen LogP contribution is 2.26. The second-order valence-electron chi connectivity index (χ2n) is 7.87. The van der Waals surface area contributed by atoms with Gasteiger partial charge in [0.15, 0.2) is 5.82 Å². The molecule has 2 aromatic heterocycles. The van der Waals surface area contributed by atoms with Crippen molar-refractivity contribution in [2.24, 2.45) is 0 Å². The largest absolute Gasteiger partial charge is 0.497 e. The average Bonchev–Trinajstić information content (AvgIpc) is 3.49. The number of piperidine rings is 1. The van der Waals surface area contributed by atoms with Crippen LogP contribution in [0.4, 0.5) is 5.82 Å². The van der Waals surface area contributed by atoms with Gasteiger partial charge in [0.1, 0.15) is 5.75 Å². The van der Waals surface area contributed by atoms with Crippen molar-refractivity contribution in [3.63, 3.8) is 0 Å². The number of methoxy groups -OCH3 is 1. The minimum atomic E-state index is -0.0296. The van der Waals surface area contributed by atoms with Gasteiger partial charge in [-0.05, 0) is 60.9 Å². The third kappa shape index (κ3) is 3.86.